The average molecular weight is 354 g/mol. The van der Waals surface area contributed by atoms with Gasteiger partial charge in [0.2, 0.25) is 0 Å². The Kier molecular flexibility index (Phi) is 7.89. The third-order valence-electron chi connectivity index (χ3n) is 4.62. The van der Waals surface area contributed by atoms with Gasteiger partial charge in [0.25, 0.3) is 5.69 Å². The van der Waals surface area contributed by atoms with E-state index in [2.05, 4.69) is 33.9 Å². The Morgan fingerprint density at radius 3 is 2.04 bits per heavy atom. The lowest BCUT2D eigenvalue weighted by Crippen LogP contribution is -2.40. The van der Waals surface area contributed by atoms with Crippen molar-refractivity contribution >= 4 is 14.0 Å². The quantitative estimate of drug-likeness (QED) is 0.239. The largest absolute Gasteiger partial charge is 0.494 e. The van der Waals surface area contributed by atoms with Crippen LogP contribution in [0.1, 0.15) is 46.5 Å². The maximum atomic E-state index is 10.6. The number of nitro groups is 1. The predicted molar refractivity (Wildman–Crippen MR) is 100 cm³/mol. The fourth-order valence-corrected chi connectivity index (χ4v) is 3.04. The number of ether oxygens (including phenoxy) is 1. The van der Waals surface area contributed by atoms with E-state index in [-0.39, 0.29) is 10.7 Å². The molecular weight excluding hydrogens is 322 g/mol. The van der Waals surface area contributed by atoms with Crippen molar-refractivity contribution in [2.45, 2.75) is 64.6 Å². The van der Waals surface area contributed by atoms with Crippen LogP contribution in [0.3, 0.4) is 0 Å². The van der Waals surface area contributed by atoms with E-state index in [1.54, 1.807) is 12.1 Å². The summed E-state index contributed by atoms with van der Waals surface area (Å²) < 4.78 is 11.8. The van der Waals surface area contributed by atoms with Gasteiger partial charge in [-0.15, -0.1) is 0 Å². The van der Waals surface area contributed by atoms with Crippen LogP contribution in [0, 0.1) is 10.1 Å². The summed E-state index contributed by atoms with van der Waals surface area (Å²) in [6.07, 6.45) is 4.31. The van der Waals surface area contributed by atoms with E-state index < -0.39 is 13.2 Å². The molecule has 0 amide bonds. The molecule has 24 heavy (non-hydrogen) atoms. The number of non-ortho nitro benzene ring substituents is 1. The summed E-state index contributed by atoms with van der Waals surface area (Å²) in [6, 6.07) is 6.22. The van der Waals surface area contributed by atoms with Gasteiger partial charge in [0.15, 0.2) is 8.32 Å². The minimum atomic E-state index is -1.61. The summed E-state index contributed by atoms with van der Waals surface area (Å²) in [5.41, 5.74) is 0.0871. The second-order valence-electron chi connectivity index (χ2n) is 7.62. The Hall–Kier alpha value is -1.40. The second-order valence-corrected chi connectivity index (χ2v) is 12.4. The lowest BCUT2D eigenvalue weighted by molar-refractivity contribution is -0.384. The topological polar surface area (TPSA) is 61.6 Å². The van der Waals surface area contributed by atoms with Crippen LogP contribution < -0.4 is 4.74 Å². The Bertz CT molecular complexity index is 509. The van der Waals surface area contributed by atoms with Crippen LogP contribution in [0.4, 0.5) is 5.69 Å². The van der Waals surface area contributed by atoms with Crippen LogP contribution in [0.25, 0.3) is 0 Å². The fourth-order valence-electron chi connectivity index (χ4n) is 1.96. The third kappa shape index (κ3) is 7.01. The molecular formula is C18H31NO4Si. The van der Waals surface area contributed by atoms with Crippen LogP contribution in [-0.4, -0.2) is 26.5 Å². The fraction of sp³-hybridized carbons (Fsp3) is 0.667. The van der Waals surface area contributed by atoms with Crippen molar-refractivity contribution in [3.05, 3.63) is 34.4 Å². The van der Waals surface area contributed by atoms with E-state index in [0.717, 1.165) is 32.3 Å². The van der Waals surface area contributed by atoms with Crippen molar-refractivity contribution in [3.63, 3.8) is 0 Å². The molecule has 0 atom stereocenters. The first kappa shape index (κ1) is 20.6. The molecule has 0 spiro atoms. The van der Waals surface area contributed by atoms with E-state index in [1.807, 2.05) is 0 Å². The highest BCUT2D eigenvalue weighted by Gasteiger charge is 2.36. The van der Waals surface area contributed by atoms with Crippen LogP contribution in [0.15, 0.2) is 24.3 Å². The van der Waals surface area contributed by atoms with E-state index in [4.69, 9.17) is 9.16 Å². The van der Waals surface area contributed by atoms with Crippen molar-refractivity contribution in [1.29, 1.82) is 0 Å². The number of hydrogen-bond donors (Lipinski definition) is 0. The molecule has 0 aliphatic heterocycles. The lowest BCUT2D eigenvalue weighted by atomic mass is 10.2. The van der Waals surface area contributed by atoms with Crippen LogP contribution in [0.5, 0.6) is 5.75 Å². The van der Waals surface area contributed by atoms with Crippen molar-refractivity contribution in [2.24, 2.45) is 0 Å². The standard InChI is InChI=1S/C18H31NO4Si/c1-18(2,3)24(4,5)23-15-9-7-6-8-14-22-17-12-10-16(11-13-17)19(20)21/h10-13H,6-9,14-15H2,1-5H3. The van der Waals surface area contributed by atoms with Gasteiger partial charge in [-0.05, 0) is 49.5 Å². The minimum absolute atomic E-state index is 0.0871. The second kappa shape index (κ2) is 9.18. The Morgan fingerprint density at radius 1 is 1.00 bits per heavy atom. The van der Waals surface area contributed by atoms with Gasteiger partial charge in [-0.25, -0.2) is 0 Å². The molecule has 0 saturated heterocycles. The zero-order chi connectivity index (χ0) is 18.2. The van der Waals surface area contributed by atoms with Crippen molar-refractivity contribution in [3.8, 4) is 5.75 Å². The number of nitro benzene ring substituents is 1. The summed E-state index contributed by atoms with van der Waals surface area (Å²) in [4.78, 5) is 10.2. The van der Waals surface area contributed by atoms with E-state index in [9.17, 15) is 10.1 Å². The van der Waals surface area contributed by atoms with Gasteiger partial charge in [-0.3, -0.25) is 10.1 Å². The molecule has 136 valence electrons. The molecule has 0 fully saturated rings. The van der Waals surface area contributed by atoms with Crippen LogP contribution in [-0.2, 0) is 4.43 Å². The molecule has 0 aromatic heterocycles. The highest BCUT2D eigenvalue weighted by atomic mass is 28.4. The van der Waals surface area contributed by atoms with Gasteiger partial charge in [-0.2, -0.15) is 0 Å². The molecule has 0 saturated carbocycles. The molecule has 0 aliphatic rings. The first-order valence-corrected chi connectivity index (χ1v) is 11.6. The lowest BCUT2D eigenvalue weighted by Gasteiger charge is -2.36. The van der Waals surface area contributed by atoms with Gasteiger partial charge in [0, 0.05) is 18.7 Å². The zero-order valence-corrected chi connectivity index (χ0v) is 16.6. The van der Waals surface area contributed by atoms with Crippen LogP contribution in [0.2, 0.25) is 18.1 Å². The van der Waals surface area contributed by atoms with E-state index in [1.165, 1.54) is 12.1 Å². The molecule has 0 radical (unpaired) electrons. The normalized spacial score (nSPS) is 12.2. The summed E-state index contributed by atoms with van der Waals surface area (Å²) >= 11 is 0. The van der Waals surface area contributed by atoms with E-state index >= 15 is 0 Å². The van der Waals surface area contributed by atoms with Crippen molar-refractivity contribution in [1.82, 2.24) is 0 Å². The first-order valence-electron chi connectivity index (χ1n) is 8.65. The molecule has 0 N–H and O–H groups in total. The molecule has 1 rings (SSSR count). The Balaban J connectivity index is 2.09. The average Bonchev–Trinajstić information content (AvgIpc) is 2.49. The first-order chi connectivity index (χ1) is 11.1. The molecule has 1 aromatic carbocycles. The predicted octanol–water partition coefficient (Wildman–Crippen LogP) is 5.56. The Morgan fingerprint density at radius 2 is 1.54 bits per heavy atom. The maximum absolute atomic E-state index is 10.6. The molecule has 0 aliphatic carbocycles. The van der Waals surface area contributed by atoms with Crippen molar-refractivity contribution in [2.75, 3.05) is 13.2 Å². The molecule has 1 aromatic rings. The van der Waals surface area contributed by atoms with Gasteiger partial charge >= 0.3 is 0 Å². The highest BCUT2D eigenvalue weighted by Crippen LogP contribution is 2.36. The highest BCUT2D eigenvalue weighted by molar-refractivity contribution is 6.74. The monoisotopic (exact) mass is 353 g/mol. The van der Waals surface area contributed by atoms with Gasteiger partial charge < -0.3 is 9.16 Å². The minimum Gasteiger partial charge on any atom is -0.494 e. The number of benzene rings is 1. The van der Waals surface area contributed by atoms with Gasteiger partial charge in [-0.1, -0.05) is 27.2 Å². The SMILES string of the molecule is CC(C)(C)[Si](C)(C)OCCCCCCOc1ccc([N+](=O)[O-])cc1. The number of hydrogen-bond acceptors (Lipinski definition) is 4. The van der Waals surface area contributed by atoms with Crippen LogP contribution >= 0.6 is 0 Å². The number of rotatable bonds is 10. The Labute approximate surface area is 146 Å². The maximum Gasteiger partial charge on any atom is 0.269 e. The third-order valence-corrected chi connectivity index (χ3v) is 9.16. The summed E-state index contributed by atoms with van der Waals surface area (Å²) in [7, 11) is -1.61. The number of nitrogens with zero attached hydrogens (tertiary/aromatic N) is 1. The number of unbranched alkanes of at least 4 members (excludes halogenated alkanes) is 3. The summed E-state index contributed by atoms with van der Waals surface area (Å²) in [5, 5.41) is 10.8. The van der Waals surface area contributed by atoms with Crippen molar-refractivity contribution < 1.29 is 14.1 Å². The smallest absolute Gasteiger partial charge is 0.269 e. The molecule has 0 unspecified atom stereocenters. The van der Waals surface area contributed by atoms with Gasteiger partial charge in [0.05, 0.1) is 11.5 Å². The molecule has 0 heterocycles. The molecule has 5 nitrogen and oxygen atoms in total. The molecule has 0 bridgehead atoms. The molecule has 6 heteroatoms. The van der Waals surface area contributed by atoms with E-state index in [0.29, 0.717) is 12.4 Å². The zero-order valence-electron chi connectivity index (χ0n) is 15.6. The van der Waals surface area contributed by atoms with Gasteiger partial charge in [0.1, 0.15) is 5.75 Å². The summed E-state index contributed by atoms with van der Waals surface area (Å²) in [5.74, 6) is 0.682. The summed E-state index contributed by atoms with van der Waals surface area (Å²) in [6.45, 7) is 12.8.